The van der Waals surface area contributed by atoms with Crippen molar-refractivity contribution in [3.63, 3.8) is 0 Å². The summed E-state index contributed by atoms with van der Waals surface area (Å²) in [5.41, 5.74) is 3.68. The van der Waals surface area contributed by atoms with Gasteiger partial charge in [-0.3, -0.25) is 14.8 Å². The first-order chi connectivity index (χ1) is 13.3. The molecule has 2 rings (SSSR count). The number of nitrogens with zero attached hydrogens (tertiary/aromatic N) is 6. The van der Waals surface area contributed by atoms with Gasteiger partial charge in [0, 0.05) is 19.3 Å². The molecular formula is C16H17CuN7O5. The van der Waals surface area contributed by atoms with Crippen LogP contribution >= 0.6 is 0 Å². The van der Waals surface area contributed by atoms with E-state index in [2.05, 4.69) is 30.7 Å². The molecule has 0 aliphatic heterocycles. The first-order valence-electron chi connectivity index (χ1n) is 7.49. The van der Waals surface area contributed by atoms with Gasteiger partial charge in [0.15, 0.2) is 0 Å². The molecule has 1 radical (unpaired) electrons. The van der Waals surface area contributed by atoms with Crippen LogP contribution in [0.3, 0.4) is 0 Å². The maximum absolute atomic E-state index is 10.4. The van der Waals surface area contributed by atoms with Crippen LogP contribution in [-0.2, 0) is 21.9 Å². The second-order valence-electron chi connectivity index (χ2n) is 4.52. The zero-order valence-corrected chi connectivity index (χ0v) is 16.2. The molecule has 157 valence electrons. The van der Waals surface area contributed by atoms with Crippen LogP contribution in [0.25, 0.3) is 0 Å². The Hall–Kier alpha value is -3.70. The molecule has 2 aromatic heterocycles. The Kier molecular flexibility index (Phi) is 16.8. The quantitative estimate of drug-likeness (QED) is 0.231. The molecule has 0 spiro atoms. The SMILES string of the molecule is C/C([O-])=N/N=C/c1ccccn1.CC(=O)N/N=C/c1ccccn1.O=[N+]([O-])[O-].[Cu+2]. The van der Waals surface area contributed by atoms with Gasteiger partial charge in [0.1, 0.15) is 0 Å². The van der Waals surface area contributed by atoms with Gasteiger partial charge in [-0.1, -0.05) is 12.1 Å². The topological polar surface area (TPSA) is 181 Å². The van der Waals surface area contributed by atoms with Gasteiger partial charge in [0.2, 0.25) is 5.91 Å². The first kappa shape index (κ1) is 27.5. The van der Waals surface area contributed by atoms with E-state index in [1.54, 1.807) is 30.6 Å². The third kappa shape index (κ3) is 20.5. The number of hydrogen-bond donors (Lipinski definition) is 1. The molecule has 0 aliphatic carbocycles. The Morgan fingerprint density at radius 3 is 1.90 bits per heavy atom. The summed E-state index contributed by atoms with van der Waals surface area (Å²) in [4.78, 5) is 26.6. The maximum atomic E-state index is 10.4. The number of carbonyl (C=O) groups is 1. The number of amides is 1. The molecule has 0 saturated carbocycles. The summed E-state index contributed by atoms with van der Waals surface area (Å²) in [7, 11) is 0. The molecule has 0 atom stereocenters. The second kappa shape index (κ2) is 17.7. The fraction of sp³-hybridized carbons (Fsp3) is 0.125. The third-order valence-corrected chi connectivity index (χ3v) is 2.18. The summed E-state index contributed by atoms with van der Waals surface area (Å²) in [6, 6.07) is 10.9. The van der Waals surface area contributed by atoms with E-state index in [1.807, 2.05) is 18.2 Å². The largest absolute Gasteiger partial charge is 2.00 e. The second-order valence-corrected chi connectivity index (χ2v) is 4.52. The Morgan fingerprint density at radius 1 is 1.03 bits per heavy atom. The van der Waals surface area contributed by atoms with Gasteiger partial charge in [-0.15, -0.1) is 0 Å². The fourth-order valence-electron chi connectivity index (χ4n) is 1.26. The number of hydrogen-bond acceptors (Lipinski definition) is 10. The van der Waals surface area contributed by atoms with Gasteiger partial charge in [-0.2, -0.15) is 15.3 Å². The minimum absolute atomic E-state index is 0. The Bertz CT molecular complexity index is 794. The van der Waals surface area contributed by atoms with E-state index in [9.17, 15) is 9.90 Å². The van der Waals surface area contributed by atoms with Crippen molar-refractivity contribution >= 4 is 24.2 Å². The van der Waals surface area contributed by atoms with Gasteiger partial charge in [-0.25, -0.2) is 5.43 Å². The number of pyridine rings is 2. The Labute approximate surface area is 176 Å². The van der Waals surface area contributed by atoms with Crippen molar-refractivity contribution in [1.82, 2.24) is 15.4 Å². The summed E-state index contributed by atoms with van der Waals surface area (Å²) in [5, 5.41) is 35.6. The van der Waals surface area contributed by atoms with E-state index in [4.69, 9.17) is 15.3 Å². The molecule has 0 bridgehead atoms. The average molecular weight is 451 g/mol. The molecule has 0 aliphatic rings. The van der Waals surface area contributed by atoms with Crippen molar-refractivity contribution in [2.24, 2.45) is 15.3 Å². The number of carbonyl (C=O) groups excluding carboxylic acids is 1. The van der Waals surface area contributed by atoms with Crippen molar-refractivity contribution in [2.75, 3.05) is 0 Å². The predicted octanol–water partition coefficient (Wildman–Crippen LogP) is 0.504. The number of rotatable bonds is 4. The zero-order valence-electron chi connectivity index (χ0n) is 15.3. The van der Waals surface area contributed by atoms with Crippen LogP contribution in [-0.4, -0.2) is 39.3 Å². The van der Waals surface area contributed by atoms with Crippen molar-refractivity contribution in [3.05, 3.63) is 75.5 Å². The molecule has 12 nitrogen and oxygen atoms in total. The third-order valence-electron chi connectivity index (χ3n) is 2.18. The van der Waals surface area contributed by atoms with Gasteiger partial charge < -0.3 is 20.4 Å². The molecule has 0 fully saturated rings. The molecule has 2 aromatic rings. The summed E-state index contributed by atoms with van der Waals surface area (Å²) < 4.78 is 0. The molecule has 29 heavy (non-hydrogen) atoms. The van der Waals surface area contributed by atoms with E-state index >= 15 is 0 Å². The van der Waals surface area contributed by atoms with E-state index in [1.165, 1.54) is 26.3 Å². The first-order valence-corrected chi connectivity index (χ1v) is 7.49. The smallest absolute Gasteiger partial charge is 0.861 e. The zero-order chi connectivity index (χ0) is 21.2. The molecule has 13 heteroatoms. The van der Waals surface area contributed by atoms with Crippen molar-refractivity contribution in [3.8, 4) is 0 Å². The fourth-order valence-corrected chi connectivity index (χ4v) is 1.26. The molecule has 0 saturated heterocycles. The molecule has 1 amide bonds. The van der Waals surface area contributed by atoms with E-state index in [-0.39, 0.29) is 28.9 Å². The van der Waals surface area contributed by atoms with Crippen LogP contribution in [0.5, 0.6) is 0 Å². The van der Waals surface area contributed by atoms with E-state index in [0.717, 1.165) is 0 Å². The van der Waals surface area contributed by atoms with Crippen LogP contribution in [0.15, 0.2) is 64.1 Å². The summed E-state index contributed by atoms with van der Waals surface area (Å²) in [6.07, 6.45) is 6.23. The number of hydrazone groups is 1. The van der Waals surface area contributed by atoms with Gasteiger partial charge in [0.25, 0.3) is 0 Å². The van der Waals surface area contributed by atoms with Crippen LogP contribution < -0.4 is 10.5 Å². The molecule has 0 aromatic carbocycles. The minimum Gasteiger partial charge on any atom is -0.861 e. The minimum atomic E-state index is -1.75. The van der Waals surface area contributed by atoms with Crippen LogP contribution in [0.1, 0.15) is 25.2 Å². The van der Waals surface area contributed by atoms with Crippen molar-refractivity contribution in [1.29, 1.82) is 0 Å². The summed E-state index contributed by atoms with van der Waals surface area (Å²) in [6.45, 7) is 2.74. The average Bonchev–Trinajstić information content (AvgIpc) is 2.63. The normalized spacial score (nSPS) is 10.1. The van der Waals surface area contributed by atoms with Crippen molar-refractivity contribution < 1.29 is 32.1 Å². The van der Waals surface area contributed by atoms with Gasteiger partial charge in [0.05, 0.1) is 28.9 Å². The Balaban J connectivity index is 0. The number of aromatic nitrogens is 2. The van der Waals surface area contributed by atoms with Crippen molar-refractivity contribution in [2.45, 2.75) is 13.8 Å². The summed E-state index contributed by atoms with van der Waals surface area (Å²) >= 11 is 0. The summed E-state index contributed by atoms with van der Waals surface area (Å²) in [5.74, 6) is -0.510. The molecule has 1 N–H and O–H groups in total. The van der Waals surface area contributed by atoms with Crippen LogP contribution in [0, 0.1) is 15.3 Å². The van der Waals surface area contributed by atoms with E-state index < -0.39 is 5.09 Å². The molecule has 0 unspecified atom stereocenters. The Morgan fingerprint density at radius 2 is 1.52 bits per heavy atom. The van der Waals surface area contributed by atoms with Gasteiger partial charge in [-0.05, 0) is 37.1 Å². The standard InChI is InChI=1S/2C8H9N3O.Cu.NO3/c2*1-7(12)11-10-6-8-4-2-3-5-9-8;;2-1(3)4/h2*2-6H,1H3,(H,11,12);;/q;;+2;-1/p-1/b2*10-6+;;. The monoisotopic (exact) mass is 450 g/mol. The molecule has 2 heterocycles. The van der Waals surface area contributed by atoms with Crippen LogP contribution in [0.4, 0.5) is 0 Å². The van der Waals surface area contributed by atoms with E-state index in [0.29, 0.717) is 11.4 Å². The van der Waals surface area contributed by atoms with Crippen LogP contribution in [0.2, 0.25) is 0 Å². The maximum Gasteiger partial charge on any atom is 2.00 e. The molecular weight excluding hydrogens is 434 g/mol. The predicted molar refractivity (Wildman–Crippen MR) is 101 cm³/mol. The number of nitrogens with one attached hydrogen (secondary N) is 1. The van der Waals surface area contributed by atoms with Gasteiger partial charge >= 0.3 is 17.1 Å².